The quantitative estimate of drug-likeness (QED) is 0.448. The van der Waals surface area contributed by atoms with Crippen molar-refractivity contribution in [3.63, 3.8) is 0 Å². The fraction of sp³-hybridized carbons (Fsp3) is 0.286. The number of ketones is 1. The molecule has 1 aliphatic carbocycles. The van der Waals surface area contributed by atoms with Crippen LogP contribution in [0.3, 0.4) is 0 Å². The van der Waals surface area contributed by atoms with Crippen LogP contribution in [0.15, 0.2) is 84.9 Å². The number of amides is 1. The fourth-order valence-electron chi connectivity index (χ4n) is 3.67. The first-order valence-corrected chi connectivity index (χ1v) is 11.4. The molecule has 0 aromatic heterocycles. The molecular formula is C28H29NO4. The molecular weight excluding hydrogens is 414 g/mol. The minimum Gasteiger partial charge on any atom is -0.457 e. The minimum atomic E-state index is -0.665. The first-order valence-electron chi connectivity index (χ1n) is 11.4. The van der Waals surface area contributed by atoms with Crippen molar-refractivity contribution in [2.24, 2.45) is 5.92 Å². The van der Waals surface area contributed by atoms with Crippen LogP contribution in [0.1, 0.15) is 30.4 Å². The summed E-state index contributed by atoms with van der Waals surface area (Å²) in [4.78, 5) is 25.6. The SMILES string of the molecule is O=C(NC(COCc1ccccc1)C(=O)Cc1ccc(Oc2ccccc2)cc1)C1CCC1. The summed E-state index contributed by atoms with van der Waals surface area (Å²) >= 11 is 0. The van der Waals surface area contributed by atoms with Gasteiger partial charge in [0.15, 0.2) is 5.78 Å². The molecule has 1 unspecified atom stereocenters. The van der Waals surface area contributed by atoms with Gasteiger partial charge in [0, 0.05) is 12.3 Å². The fourth-order valence-corrected chi connectivity index (χ4v) is 3.67. The molecule has 5 heteroatoms. The van der Waals surface area contributed by atoms with Gasteiger partial charge in [0.05, 0.1) is 13.2 Å². The average Bonchev–Trinajstić information content (AvgIpc) is 2.80. The van der Waals surface area contributed by atoms with Gasteiger partial charge in [-0.1, -0.05) is 67.1 Å². The summed E-state index contributed by atoms with van der Waals surface area (Å²) in [7, 11) is 0. The second-order valence-electron chi connectivity index (χ2n) is 8.39. The van der Waals surface area contributed by atoms with Crippen LogP contribution in [-0.2, 0) is 27.4 Å². The van der Waals surface area contributed by atoms with Crippen LogP contribution < -0.4 is 10.1 Å². The van der Waals surface area contributed by atoms with E-state index in [0.717, 1.165) is 36.1 Å². The van der Waals surface area contributed by atoms with Gasteiger partial charge in [-0.15, -0.1) is 0 Å². The van der Waals surface area contributed by atoms with Crippen molar-refractivity contribution in [1.29, 1.82) is 0 Å². The van der Waals surface area contributed by atoms with Crippen LogP contribution in [0.5, 0.6) is 11.5 Å². The van der Waals surface area contributed by atoms with Gasteiger partial charge in [0.2, 0.25) is 5.91 Å². The predicted molar refractivity (Wildman–Crippen MR) is 127 cm³/mol. The number of hydrogen-bond donors (Lipinski definition) is 1. The third-order valence-electron chi connectivity index (χ3n) is 5.86. The maximum absolute atomic E-state index is 13.1. The smallest absolute Gasteiger partial charge is 0.223 e. The Morgan fingerprint density at radius 1 is 0.818 bits per heavy atom. The lowest BCUT2D eigenvalue weighted by atomic mass is 9.84. The highest BCUT2D eigenvalue weighted by atomic mass is 16.5. The van der Waals surface area contributed by atoms with Crippen LogP contribution in [0.2, 0.25) is 0 Å². The van der Waals surface area contributed by atoms with E-state index in [9.17, 15) is 9.59 Å². The molecule has 0 bridgehead atoms. The molecule has 1 amide bonds. The topological polar surface area (TPSA) is 64.6 Å². The lowest BCUT2D eigenvalue weighted by Gasteiger charge is -2.27. The minimum absolute atomic E-state index is 0.0174. The van der Waals surface area contributed by atoms with Crippen molar-refractivity contribution >= 4 is 11.7 Å². The average molecular weight is 444 g/mol. The Morgan fingerprint density at radius 2 is 1.45 bits per heavy atom. The van der Waals surface area contributed by atoms with Crippen molar-refractivity contribution < 1.29 is 19.1 Å². The van der Waals surface area contributed by atoms with Crippen LogP contribution in [0, 0.1) is 5.92 Å². The van der Waals surface area contributed by atoms with E-state index >= 15 is 0 Å². The zero-order valence-electron chi connectivity index (χ0n) is 18.6. The van der Waals surface area contributed by atoms with Crippen molar-refractivity contribution in [3.05, 3.63) is 96.1 Å². The predicted octanol–water partition coefficient (Wildman–Crippen LogP) is 5.09. The number of nitrogens with one attached hydrogen (secondary N) is 1. The highest BCUT2D eigenvalue weighted by Crippen LogP contribution is 2.26. The maximum Gasteiger partial charge on any atom is 0.223 e. The van der Waals surface area contributed by atoms with Gasteiger partial charge in [-0.05, 0) is 48.2 Å². The van der Waals surface area contributed by atoms with Crippen LogP contribution in [0.4, 0.5) is 0 Å². The first kappa shape index (κ1) is 22.7. The van der Waals surface area contributed by atoms with Gasteiger partial charge in [0.25, 0.3) is 0 Å². The van der Waals surface area contributed by atoms with Crippen LogP contribution >= 0.6 is 0 Å². The standard InChI is InChI=1S/C28H29NO4/c30-27(18-21-14-16-25(17-15-21)33-24-12-5-2-6-13-24)26(29-28(31)23-10-7-11-23)20-32-19-22-8-3-1-4-9-22/h1-6,8-9,12-17,23,26H,7,10-11,18-20H2,(H,29,31). The Morgan fingerprint density at radius 3 is 2.09 bits per heavy atom. The van der Waals surface area contributed by atoms with Gasteiger partial charge in [-0.2, -0.15) is 0 Å². The van der Waals surface area contributed by atoms with E-state index in [2.05, 4.69) is 5.32 Å². The molecule has 3 aromatic rings. The Bertz CT molecular complexity index is 1030. The highest BCUT2D eigenvalue weighted by Gasteiger charge is 2.29. The Labute approximate surface area is 194 Å². The third-order valence-corrected chi connectivity index (χ3v) is 5.86. The number of para-hydroxylation sites is 1. The lowest BCUT2D eigenvalue weighted by molar-refractivity contribution is -0.133. The zero-order valence-corrected chi connectivity index (χ0v) is 18.6. The van der Waals surface area contributed by atoms with Crippen molar-refractivity contribution in [2.45, 2.75) is 38.3 Å². The molecule has 33 heavy (non-hydrogen) atoms. The van der Waals surface area contributed by atoms with E-state index in [4.69, 9.17) is 9.47 Å². The highest BCUT2D eigenvalue weighted by molar-refractivity contribution is 5.91. The molecule has 1 aliphatic rings. The number of carbonyl (C=O) groups excluding carboxylic acids is 2. The van der Waals surface area contributed by atoms with Gasteiger partial charge in [0.1, 0.15) is 17.5 Å². The monoisotopic (exact) mass is 443 g/mol. The Kier molecular flexibility index (Phi) is 7.88. The third kappa shape index (κ3) is 6.77. The normalized spacial score (nSPS) is 14.2. The summed E-state index contributed by atoms with van der Waals surface area (Å²) < 4.78 is 11.6. The van der Waals surface area contributed by atoms with E-state index in [1.54, 1.807) is 0 Å². The second-order valence-corrected chi connectivity index (χ2v) is 8.39. The van der Waals surface area contributed by atoms with E-state index in [1.165, 1.54) is 0 Å². The summed E-state index contributed by atoms with van der Waals surface area (Å²) in [6.07, 6.45) is 3.07. The van der Waals surface area contributed by atoms with E-state index in [1.807, 2.05) is 84.9 Å². The molecule has 3 aromatic carbocycles. The largest absolute Gasteiger partial charge is 0.457 e. The summed E-state index contributed by atoms with van der Waals surface area (Å²) in [6.45, 7) is 0.552. The number of carbonyl (C=O) groups is 2. The molecule has 0 radical (unpaired) electrons. The Hall–Kier alpha value is -3.44. The van der Waals surface area contributed by atoms with Crippen molar-refractivity contribution in [2.75, 3.05) is 6.61 Å². The van der Waals surface area contributed by atoms with Crippen LogP contribution in [0.25, 0.3) is 0 Å². The number of ether oxygens (including phenoxy) is 2. The van der Waals surface area contributed by atoms with Gasteiger partial charge >= 0.3 is 0 Å². The molecule has 0 spiro atoms. The number of Topliss-reactive ketones (excluding diaryl/α,β-unsaturated/α-hetero) is 1. The summed E-state index contributed by atoms with van der Waals surface area (Å²) in [6, 6.07) is 26.1. The van der Waals surface area contributed by atoms with Gasteiger partial charge in [-0.3, -0.25) is 9.59 Å². The first-order chi connectivity index (χ1) is 16.2. The summed E-state index contributed by atoms with van der Waals surface area (Å²) in [5.74, 6) is 1.37. The molecule has 1 N–H and O–H groups in total. The number of benzene rings is 3. The molecule has 0 aliphatic heterocycles. The number of hydrogen-bond acceptors (Lipinski definition) is 4. The molecule has 170 valence electrons. The van der Waals surface area contributed by atoms with E-state index in [0.29, 0.717) is 12.4 Å². The Balaban J connectivity index is 1.35. The molecule has 0 saturated heterocycles. The second kappa shape index (κ2) is 11.4. The molecule has 0 heterocycles. The molecule has 1 fully saturated rings. The van der Waals surface area contributed by atoms with Crippen molar-refractivity contribution in [3.8, 4) is 11.5 Å². The lowest BCUT2D eigenvalue weighted by Crippen LogP contribution is -2.48. The van der Waals surface area contributed by atoms with Crippen LogP contribution in [-0.4, -0.2) is 24.3 Å². The molecule has 5 nitrogen and oxygen atoms in total. The number of rotatable bonds is 11. The molecule has 4 rings (SSSR count). The summed E-state index contributed by atoms with van der Waals surface area (Å²) in [5.41, 5.74) is 1.90. The van der Waals surface area contributed by atoms with E-state index < -0.39 is 6.04 Å². The maximum atomic E-state index is 13.1. The summed E-state index contributed by atoms with van der Waals surface area (Å²) in [5, 5.41) is 2.93. The molecule has 1 saturated carbocycles. The van der Waals surface area contributed by atoms with Gasteiger partial charge in [-0.25, -0.2) is 0 Å². The van der Waals surface area contributed by atoms with Crippen molar-refractivity contribution in [1.82, 2.24) is 5.32 Å². The van der Waals surface area contributed by atoms with E-state index in [-0.39, 0.29) is 30.6 Å². The zero-order chi connectivity index (χ0) is 22.9. The van der Waals surface area contributed by atoms with Gasteiger partial charge < -0.3 is 14.8 Å². The molecule has 1 atom stereocenters.